The molecule has 0 aliphatic carbocycles. The molecular formula is C13H19N3O4. The summed E-state index contributed by atoms with van der Waals surface area (Å²) in [6, 6.07) is 4.06. The van der Waals surface area contributed by atoms with Crippen molar-refractivity contribution in [2.45, 2.75) is 12.8 Å². The van der Waals surface area contributed by atoms with E-state index in [0.717, 1.165) is 19.4 Å². The fourth-order valence-electron chi connectivity index (χ4n) is 1.76. The maximum atomic E-state index is 10.9. The third-order valence-corrected chi connectivity index (χ3v) is 2.79. The van der Waals surface area contributed by atoms with Gasteiger partial charge in [0.05, 0.1) is 4.92 Å². The number of rotatable bonds is 8. The number of carbonyl (C=O) groups is 1. The summed E-state index contributed by atoms with van der Waals surface area (Å²) in [5, 5.41) is 22.8. The van der Waals surface area contributed by atoms with Crippen LogP contribution in [0.3, 0.4) is 0 Å². The molecule has 0 unspecified atom stereocenters. The number of nitrogens with zero attached hydrogens (tertiary/aromatic N) is 2. The first-order chi connectivity index (χ1) is 9.41. The standard InChI is InChI=1S/C13H19N3O4/c1-15(2)8-4-3-7-14-10-5-6-11(13(17)18)12(9-10)16(19)20/h5-6,9,14H,3-4,7-8H2,1-2H3,(H,17,18). The van der Waals surface area contributed by atoms with Crippen molar-refractivity contribution < 1.29 is 14.8 Å². The molecule has 1 aromatic rings. The van der Waals surface area contributed by atoms with Crippen LogP contribution < -0.4 is 5.32 Å². The molecule has 0 aliphatic heterocycles. The van der Waals surface area contributed by atoms with Gasteiger partial charge in [0.1, 0.15) is 5.56 Å². The molecule has 110 valence electrons. The summed E-state index contributed by atoms with van der Waals surface area (Å²) < 4.78 is 0. The Kier molecular flexibility index (Phi) is 5.92. The molecule has 0 radical (unpaired) electrons. The van der Waals surface area contributed by atoms with Gasteiger partial charge >= 0.3 is 5.97 Å². The van der Waals surface area contributed by atoms with Gasteiger partial charge in [-0.2, -0.15) is 0 Å². The molecule has 1 aromatic carbocycles. The predicted molar refractivity (Wildman–Crippen MR) is 76.3 cm³/mol. The van der Waals surface area contributed by atoms with E-state index in [4.69, 9.17) is 5.11 Å². The zero-order chi connectivity index (χ0) is 15.1. The van der Waals surface area contributed by atoms with Crippen molar-refractivity contribution in [2.24, 2.45) is 0 Å². The van der Waals surface area contributed by atoms with Gasteiger partial charge in [0, 0.05) is 18.3 Å². The van der Waals surface area contributed by atoms with Crippen LogP contribution in [-0.2, 0) is 0 Å². The molecule has 2 N–H and O–H groups in total. The van der Waals surface area contributed by atoms with Crippen molar-refractivity contribution >= 4 is 17.3 Å². The summed E-state index contributed by atoms with van der Waals surface area (Å²) in [5.41, 5.74) is -0.129. The Balaban J connectivity index is 2.61. The molecule has 0 atom stereocenters. The van der Waals surface area contributed by atoms with Crippen molar-refractivity contribution in [1.82, 2.24) is 4.90 Å². The smallest absolute Gasteiger partial charge is 0.342 e. The number of benzene rings is 1. The number of nitro benzene ring substituents is 1. The third kappa shape index (κ3) is 4.85. The number of anilines is 1. The van der Waals surface area contributed by atoms with Gasteiger partial charge in [0.2, 0.25) is 0 Å². The Labute approximate surface area is 117 Å². The largest absolute Gasteiger partial charge is 0.477 e. The SMILES string of the molecule is CN(C)CCCCNc1ccc(C(=O)O)c([N+](=O)[O-])c1. The molecule has 0 aliphatic rings. The Bertz CT molecular complexity index is 489. The molecular weight excluding hydrogens is 262 g/mol. The first-order valence-electron chi connectivity index (χ1n) is 6.32. The van der Waals surface area contributed by atoms with Crippen molar-refractivity contribution in [3.8, 4) is 0 Å². The summed E-state index contributed by atoms with van der Waals surface area (Å²) in [6.07, 6.45) is 1.96. The minimum absolute atomic E-state index is 0.298. The monoisotopic (exact) mass is 281 g/mol. The average molecular weight is 281 g/mol. The number of nitro groups is 1. The Hall–Kier alpha value is -2.15. The second-order valence-corrected chi connectivity index (χ2v) is 4.73. The van der Waals surface area contributed by atoms with Gasteiger partial charge < -0.3 is 15.3 Å². The number of nitrogens with one attached hydrogen (secondary N) is 1. The lowest BCUT2D eigenvalue weighted by Crippen LogP contribution is -2.14. The molecule has 0 fully saturated rings. The van der Waals surface area contributed by atoms with Gasteiger partial charge in [-0.15, -0.1) is 0 Å². The van der Waals surface area contributed by atoms with Crippen LogP contribution in [-0.4, -0.2) is 48.1 Å². The van der Waals surface area contributed by atoms with E-state index in [9.17, 15) is 14.9 Å². The predicted octanol–water partition coefficient (Wildman–Crippen LogP) is 2.05. The van der Waals surface area contributed by atoms with Gasteiger partial charge in [-0.3, -0.25) is 10.1 Å². The van der Waals surface area contributed by atoms with E-state index in [1.54, 1.807) is 6.07 Å². The summed E-state index contributed by atoms with van der Waals surface area (Å²) in [5.74, 6) is -1.30. The van der Waals surface area contributed by atoms with Crippen molar-refractivity contribution in [3.63, 3.8) is 0 Å². The molecule has 0 spiro atoms. The number of carboxylic acids is 1. The first-order valence-corrected chi connectivity index (χ1v) is 6.32. The lowest BCUT2D eigenvalue weighted by atomic mass is 10.1. The van der Waals surface area contributed by atoms with Crippen LogP contribution in [0.4, 0.5) is 11.4 Å². The molecule has 7 nitrogen and oxygen atoms in total. The van der Waals surface area contributed by atoms with Crippen LogP contribution in [0.15, 0.2) is 18.2 Å². The summed E-state index contributed by atoms with van der Waals surface area (Å²) in [6.45, 7) is 1.68. The van der Waals surface area contributed by atoms with E-state index in [0.29, 0.717) is 12.2 Å². The minimum atomic E-state index is -1.30. The quantitative estimate of drug-likeness (QED) is 0.430. The lowest BCUT2D eigenvalue weighted by molar-refractivity contribution is -0.385. The minimum Gasteiger partial charge on any atom is -0.477 e. The number of hydrogen-bond donors (Lipinski definition) is 2. The fraction of sp³-hybridized carbons (Fsp3) is 0.462. The summed E-state index contributed by atoms with van der Waals surface area (Å²) >= 11 is 0. The fourth-order valence-corrected chi connectivity index (χ4v) is 1.76. The van der Waals surface area contributed by atoms with Crippen LogP contribution in [0.25, 0.3) is 0 Å². The second-order valence-electron chi connectivity index (χ2n) is 4.73. The number of carboxylic acid groups (broad SMARTS) is 1. The van der Waals surface area contributed by atoms with E-state index in [1.165, 1.54) is 12.1 Å². The average Bonchev–Trinajstić information content (AvgIpc) is 2.37. The first kappa shape index (κ1) is 15.9. The second kappa shape index (κ2) is 7.44. The maximum absolute atomic E-state index is 10.9. The van der Waals surface area contributed by atoms with E-state index < -0.39 is 16.6 Å². The van der Waals surface area contributed by atoms with E-state index in [1.807, 2.05) is 14.1 Å². The van der Waals surface area contributed by atoms with Crippen LogP contribution in [0.1, 0.15) is 23.2 Å². The molecule has 0 amide bonds. The van der Waals surface area contributed by atoms with Gasteiger partial charge in [-0.25, -0.2) is 4.79 Å². The maximum Gasteiger partial charge on any atom is 0.342 e. The molecule has 0 aromatic heterocycles. The Morgan fingerprint density at radius 1 is 1.40 bits per heavy atom. The number of unbranched alkanes of at least 4 members (excludes halogenated alkanes) is 1. The number of hydrogen-bond acceptors (Lipinski definition) is 5. The highest BCUT2D eigenvalue weighted by Crippen LogP contribution is 2.23. The third-order valence-electron chi connectivity index (χ3n) is 2.79. The van der Waals surface area contributed by atoms with Gasteiger partial charge in [0.15, 0.2) is 0 Å². The highest BCUT2D eigenvalue weighted by molar-refractivity contribution is 5.93. The van der Waals surface area contributed by atoms with Gasteiger partial charge in [-0.05, 0) is 45.6 Å². The van der Waals surface area contributed by atoms with Crippen LogP contribution in [0, 0.1) is 10.1 Å². The number of aromatic carboxylic acids is 1. The normalized spacial score (nSPS) is 10.6. The van der Waals surface area contributed by atoms with Gasteiger partial charge in [-0.1, -0.05) is 0 Å². The van der Waals surface area contributed by atoms with Crippen molar-refractivity contribution in [2.75, 3.05) is 32.5 Å². The van der Waals surface area contributed by atoms with Crippen LogP contribution in [0.5, 0.6) is 0 Å². The highest BCUT2D eigenvalue weighted by atomic mass is 16.6. The molecule has 1 rings (SSSR count). The Morgan fingerprint density at radius 3 is 2.65 bits per heavy atom. The van der Waals surface area contributed by atoms with Crippen LogP contribution in [0.2, 0.25) is 0 Å². The van der Waals surface area contributed by atoms with Gasteiger partial charge in [0.25, 0.3) is 5.69 Å². The summed E-state index contributed by atoms with van der Waals surface area (Å²) in [7, 11) is 4.00. The molecule has 0 bridgehead atoms. The van der Waals surface area contributed by atoms with Crippen LogP contribution >= 0.6 is 0 Å². The highest BCUT2D eigenvalue weighted by Gasteiger charge is 2.19. The zero-order valence-electron chi connectivity index (χ0n) is 11.6. The van der Waals surface area contributed by atoms with Crippen molar-refractivity contribution in [1.29, 1.82) is 0 Å². The van der Waals surface area contributed by atoms with E-state index in [-0.39, 0.29) is 5.56 Å². The Morgan fingerprint density at radius 2 is 2.10 bits per heavy atom. The molecule has 0 saturated carbocycles. The lowest BCUT2D eigenvalue weighted by Gasteiger charge is -2.10. The van der Waals surface area contributed by atoms with Crippen molar-refractivity contribution in [3.05, 3.63) is 33.9 Å². The molecule has 7 heteroatoms. The van der Waals surface area contributed by atoms with E-state index >= 15 is 0 Å². The topological polar surface area (TPSA) is 95.7 Å². The zero-order valence-corrected chi connectivity index (χ0v) is 11.6. The molecule has 0 heterocycles. The van der Waals surface area contributed by atoms with E-state index in [2.05, 4.69) is 10.2 Å². The molecule has 20 heavy (non-hydrogen) atoms. The molecule has 0 saturated heterocycles. The summed E-state index contributed by atoms with van der Waals surface area (Å²) in [4.78, 5) is 23.1.